The zero-order valence-corrected chi connectivity index (χ0v) is 17.0. The Morgan fingerprint density at radius 2 is 1.88 bits per heavy atom. The maximum atomic E-state index is 12.7. The van der Waals surface area contributed by atoms with E-state index in [0.29, 0.717) is 18.0 Å². The van der Waals surface area contributed by atoms with Crippen molar-refractivity contribution in [3.8, 4) is 0 Å². The Hall–Kier alpha value is -1.56. The molecule has 1 aliphatic heterocycles. The first kappa shape index (κ1) is 19.8. The molecule has 6 heteroatoms. The summed E-state index contributed by atoms with van der Waals surface area (Å²) in [7, 11) is 0. The molecule has 2 rings (SSSR count). The van der Waals surface area contributed by atoms with Crippen LogP contribution in [0.15, 0.2) is 22.7 Å². The molecule has 0 bridgehead atoms. The van der Waals surface area contributed by atoms with Crippen LogP contribution >= 0.6 is 15.9 Å². The van der Waals surface area contributed by atoms with Crippen LogP contribution in [-0.2, 0) is 11.3 Å². The molecule has 138 valence electrons. The van der Waals surface area contributed by atoms with Crippen LogP contribution in [0.1, 0.15) is 56.5 Å². The minimum Gasteiger partial charge on any atom is -0.444 e. The van der Waals surface area contributed by atoms with E-state index >= 15 is 0 Å². The van der Waals surface area contributed by atoms with E-state index in [1.165, 1.54) is 0 Å². The number of nitrogens with one attached hydrogen (secondary N) is 1. The highest BCUT2D eigenvalue weighted by Gasteiger charge is 2.22. The SMILES string of the molecule is CC1CCN(C(=O)c2cc(Br)cc(CNC(=O)OC(C)(C)C)c2)CC1. The third-order valence-corrected chi connectivity index (χ3v) is 4.57. The van der Waals surface area contributed by atoms with E-state index in [1.54, 1.807) is 0 Å². The fourth-order valence-electron chi connectivity index (χ4n) is 2.76. The van der Waals surface area contributed by atoms with Crippen molar-refractivity contribution >= 4 is 27.9 Å². The van der Waals surface area contributed by atoms with Crippen LogP contribution in [0.3, 0.4) is 0 Å². The molecule has 1 heterocycles. The van der Waals surface area contributed by atoms with E-state index in [2.05, 4.69) is 28.2 Å². The van der Waals surface area contributed by atoms with Gasteiger partial charge in [0, 0.05) is 29.7 Å². The molecule has 1 N–H and O–H groups in total. The normalized spacial score (nSPS) is 15.8. The number of piperidine rings is 1. The van der Waals surface area contributed by atoms with Gasteiger partial charge in [-0.2, -0.15) is 0 Å². The second-order valence-electron chi connectivity index (χ2n) is 7.68. The van der Waals surface area contributed by atoms with Crippen LogP contribution in [0.5, 0.6) is 0 Å². The van der Waals surface area contributed by atoms with Gasteiger partial charge in [-0.25, -0.2) is 4.79 Å². The second kappa shape index (κ2) is 8.21. The number of hydrogen-bond donors (Lipinski definition) is 1. The first-order chi connectivity index (χ1) is 11.6. The molecule has 5 nitrogen and oxygen atoms in total. The number of benzene rings is 1. The van der Waals surface area contributed by atoms with Crippen molar-refractivity contribution in [2.75, 3.05) is 13.1 Å². The number of carbonyl (C=O) groups excluding carboxylic acids is 2. The molecular weight excluding hydrogens is 384 g/mol. The Labute approximate surface area is 158 Å². The van der Waals surface area contributed by atoms with Crippen LogP contribution < -0.4 is 5.32 Å². The highest BCUT2D eigenvalue weighted by molar-refractivity contribution is 9.10. The van der Waals surface area contributed by atoms with Crippen molar-refractivity contribution < 1.29 is 14.3 Å². The predicted molar refractivity (Wildman–Crippen MR) is 102 cm³/mol. The highest BCUT2D eigenvalue weighted by Crippen LogP contribution is 2.21. The Kier molecular flexibility index (Phi) is 6.49. The molecule has 1 saturated heterocycles. The fraction of sp³-hybridized carbons (Fsp3) is 0.579. The number of alkyl carbamates (subject to hydrolysis) is 1. The molecule has 1 aliphatic rings. The van der Waals surface area contributed by atoms with Gasteiger partial charge in [0.25, 0.3) is 5.91 Å². The van der Waals surface area contributed by atoms with Crippen LogP contribution in [0.25, 0.3) is 0 Å². The van der Waals surface area contributed by atoms with Gasteiger partial charge in [0.2, 0.25) is 0 Å². The van der Waals surface area contributed by atoms with Gasteiger partial charge in [0.15, 0.2) is 0 Å². The monoisotopic (exact) mass is 410 g/mol. The molecule has 0 atom stereocenters. The van der Waals surface area contributed by atoms with E-state index in [-0.39, 0.29) is 5.91 Å². The maximum absolute atomic E-state index is 12.7. The standard InChI is InChI=1S/C19H27BrN2O3/c1-13-5-7-22(8-6-13)17(23)15-9-14(10-16(20)11-15)12-21-18(24)25-19(2,3)4/h9-11,13H,5-8,12H2,1-4H3,(H,21,24). The van der Waals surface area contributed by atoms with Crippen LogP contribution in [0.4, 0.5) is 4.79 Å². The lowest BCUT2D eigenvalue weighted by Gasteiger charge is -2.30. The van der Waals surface area contributed by atoms with Crippen molar-refractivity contribution in [1.82, 2.24) is 10.2 Å². The number of ether oxygens (including phenoxy) is 1. The van der Waals surface area contributed by atoms with Gasteiger partial charge in [-0.3, -0.25) is 4.79 Å². The Morgan fingerprint density at radius 1 is 1.24 bits per heavy atom. The molecule has 1 aromatic rings. The second-order valence-corrected chi connectivity index (χ2v) is 8.59. The average molecular weight is 411 g/mol. The molecule has 0 aliphatic carbocycles. The third-order valence-electron chi connectivity index (χ3n) is 4.11. The van der Waals surface area contributed by atoms with Crippen molar-refractivity contribution in [1.29, 1.82) is 0 Å². The third kappa shape index (κ3) is 6.34. The van der Waals surface area contributed by atoms with Crippen molar-refractivity contribution in [2.45, 2.75) is 52.7 Å². The largest absolute Gasteiger partial charge is 0.444 e. The molecule has 0 unspecified atom stereocenters. The summed E-state index contributed by atoms with van der Waals surface area (Å²) in [5.74, 6) is 0.729. The summed E-state index contributed by atoms with van der Waals surface area (Å²) in [6.07, 6.45) is 1.63. The molecule has 0 saturated carbocycles. The van der Waals surface area contributed by atoms with Crippen LogP contribution in [0, 0.1) is 5.92 Å². The molecule has 0 spiro atoms. The first-order valence-electron chi connectivity index (χ1n) is 8.69. The molecular formula is C19H27BrN2O3. The summed E-state index contributed by atoms with van der Waals surface area (Å²) in [4.78, 5) is 26.4. The fourth-order valence-corrected chi connectivity index (χ4v) is 3.30. The lowest BCUT2D eigenvalue weighted by Crippen LogP contribution is -2.38. The van der Waals surface area contributed by atoms with E-state index in [4.69, 9.17) is 4.74 Å². The van der Waals surface area contributed by atoms with E-state index in [0.717, 1.165) is 36.0 Å². The summed E-state index contributed by atoms with van der Waals surface area (Å²) in [5.41, 5.74) is 0.965. The van der Waals surface area contributed by atoms with Gasteiger partial charge in [0.05, 0.1) is 0 Å². The maximum Gasteiger partial charge on any atom is 0.407 e. The van der Waals surface area contributed by atoms with Gasteiger partial charge in [-0.1, -0.05) is 22.9 Å². The first-order valence-corrected chi connectivity index (χ1v) is 9.49. The number of hydrogen-bond acceptors (Lipinski definition) is 3. The van der Waals surface area contributed by atoms with Crippen LogP contribution in [0.2, 0.25) is 0 Å². The minimum atomic E-state index is -0.534. The number of amides is 2. The van der Waals surface area contributed by atoms with Gasteiger partial charge in [0.1, 0.15) is 5.60 Å². The lowest BCUT2D eigenvalue weighted by atomic mass is 9.98. The zero-order chi connectivity index (χ0) is 18.6. The van der Waals surface area contributed by atoms with E-state index in [1.807, 2.05) is 43.9 Å². The number of rotatable bonds is 3. The Balaban J connectivity index is 2.02. The molecule has 0 aromatic heterocycles. The molecule has 2 amide bonds. The molecule has 0 radical (unpaired) electrons. The predicted octanol–water partition coefficient (Wildman–Crippen LogP) is 4.35. The number of carbonyl (C=O) groups is 2. The van der Waals surface area contributed by atoms with Crippen LogP contribution in [-0.4, -0.2) is 35.6 Å². The summed E-state index contributed by atoms with van der Waals surface area (Å²) < 4.78 is 6.06. The van der Waals surface area contributed by atoms with Crippen molar-refractivity contribution in [3.05, 3.63) is 33.8 Å². The molecule has 1 fully saturated rings. The highest BCUT2D eigenvalue weighted by atomic mass is 79.9. The number of halogens is 1. The topological polar surface area (TPSA) is 58.6 Å². The van der Waals surface area contributed by atoms with Gasteiger partial charge in [-0.05, 0) is 63.3 Å². The van der Waals surface area contributed by atoms with Gasteiger partial charge in [-0.15, -0.1) is 0 Å². The smallest absolute Gasteiger partial charge is 0.407 e. The van der Waals surface area contributed by atoms with Crippen molar-refractivity contribution in [2.24, 2.45) is 5.92 Å². The summed E-state index contributed by atoms with van der Waals surface area (Å²) >= 11 is 3.46. The van der Waals surface area contributed by atoms with Gasteiger partial charge < -0.3 is 15.0 Å². The number of nitrogens with zero attached hydrogens (tertiary/aromatic N) is 1. The Morgan fingerprint density at radius 3 is 2.48 bits per heavy atom. The average Bonchev–Trinajstić information content (AvgIpc) is 2.51. The quantitative estimate of drug-likeness (QED) is 0.805. The molecule has 1 aromatic carbocycles. The van der Waals surface area contributed by atoms with E-state index < -0.39 is 11.7 Å². The summed E-state index contributed by atoms with van der Waals surface area (Å²) in [6.45, 7) is 9.61. The summed E-state index contributed by atoms with van der Waals surface area (Å²) in [5, 5.41) is 2.73. The number of likely N-dealkylation sites (tertiary alicyclic amines) is 1. The van der Waals surface area contributed by atoms with Crippen molar-refractivity contribution in [3.63, 3.8) is 0 Å². The zero-order valence-electron chi connectivity index (χ0n) is 15.4. The summed E-state index contributed by atoms with van der Waals surface area (Å²) in [6, 6.07) is 5.56. The van der Waals surface area contributed by atoms with Gasteiger partial charge >= 0.3 is 6.09 Å². The minimum absolute atomic E-state index is 0.0479. The van der Waals surface area contributed by atoms with E-state index in [9.17, 15) is 9.59 Å². The molecule has 25 heavy (non-hydrogen) atoms. The Bertz CT molecular complexity index is 632. The lowest BCUT2D eigenvalue weighted by molar-refractivity contribution is 0.0523.